The molecule has 2 rings (SSSR count). The highest BCUT2D eigenvalue weighted by Gasteiger charge is 2.11. The summed E-state index contributed by atoms with van der Waals surface area (Å²) < 4.78 is 31.3. The van der Waals surface area contributed by atoms with Crippen molar-refractivity contribution in [1.29, 1.82) is 0 Å². The Morgan fingerprint density at radius 3 is 2.04 bits per heavy atom. The highest BCUT2D eigenvalue weighted by molar-refractivity contribution is 7.85. The van der Waals surface area contributed by atoms with Crippen LogP contribution in [0.2, 0.25) is 0 Å². The Morgan fingerprint density at radius 1 is 0.889 bits per heavy atom. The van der Waals surface area contributed by atoms with Crippen molar-refractivity contribution in [3.05, 3.63) is 48.5 Å². The van der Waals surface area contributed by atoms with Crippen LogP contribution in [0, 0.1) is 0 Å². The Balaban J connectivity index is 2.24. The maximum atomic E-state index is 11.1. The second-order valence-electron chi connectivity index (χ2n) is 6.35. The van der Waals surface area contributed by atoms with Gasteiger partial charge in [0.25, 0.3) is 10.1 Å². The van der Waals surface area contributed by atoms with Gasteiger partial charge in [-0.15, -0.1) is 5.11 Å². The average Bonchev–Trinajstić information content (AvgIpc) is 2.66. The van der Waals surface area contributed by atoms with Crippen LogP contribution in [0.25, 0.3) is 0 Å². The van der Waals surface area contributed by atoms with Gasteiger partial charge in [-0.1, -0.05) is 38.8 Å². The predicted octanol–water partition coefficient (Wildman–Crippen LogP) is 5.76. The molecule has 0 spiro atoms. The van der Waals surface area contributed by atoms with Crippen LogP contribution < -0.4 is 4.90 Å². The monoisotopic (exact) mass is 389 g/mol. The average molecular weight is 390 g/mol. The number of azo groups is 1. The van der Waals surface area contributed by atoms with Crippen LogP contribution in [0.3, 0.4) is 0 Å². The molecule has 0 unspecified atom stereocenters. The molecule has 146 valence electrons. The predicted molar refractivity (Wildman–Crippen MR) is 109 cm³/mol. The summed E-state index contributed by atoms with van der Waals surface area (Å²) in [7, 11) is -4.20. The van der Waals surface area contributed by atoms with E-state index in [1.165, 1.54) is 24.3 Å². The number of benzene rings is 2. The van der Waals surface area contributed by atoms with E-state index in [0.29, 0.717) is 5.69 Å². The molecule has 0 amide bonds. The zero-order chi connectivity index (χ0) is 19.7. The van der Waals surface area contributed by atoms with Gasteiger partial charge in [-0.25, -0.2) is 0 Å². The van der Waals surface area contributed by atoms with E-state index in [-0.39, 0.29) is 4.90 Å². The number of para-hydroxylation sites is 1. The van der Waals surface area contributed by atoms with E-state index in [9.17, 15) is 8.42 Å². The third-order valence-electron chi connectivity index (χ3n) is 4.19. The lowest BCUT2D eigenvalue weighted by molar-refractivity contribution is 0.483. The first-order valence-electron chi connectivity index (χ1n) is 9.29. The molecule has 0 bridgehead atoms. The number of nitrogens with zero attached hydrogens (tertiary/aromatic N) is 3. The minimum atomic E-state index is -4.20. The SMILES string of the molecule is CCCCN(CCCC)c1ccccc1N=Nc1ccc(S(=O)(=O)O)cc1. The van der Waals surface area contributed by atoms with Crippen molar-refractivity contribution in [3.8, 4) is 0 Å². The van der Waals surface area contributed by atoms with Crippen LogP contribution in [-0.4, -0.2) is 26.1 Å². The van der Waals surface area contributed by atoms with E-state index in [0.717, 1.165) is 50.1 Å². The number of anilines is 1. The summed E-state index contributed by atoms with van der Waals surface area (Å²) in [4.78, 5) is 2.19. The Hall–Kier alpha value is -2.25. The molecule has 0 atom stereocenters. The number of hydrogen-bond acceptors (Lipinski definition) is 5. The Morgan fingerprint density at radius 2 is 1.48 bits per heavy atom. The van der Waals surface area contributed by atoms with E-state index >= 15 is 0 Å². The number of rotatable bonds is 10. The maximum Gasteiger partial charge on any atom is 0.294 e. The van der Waals surface area contributed by atoms with Crippen molar-refractivity contribution in [2.75, 3.05) is 18.0 Å². The van der Waals surface area contributed by atoms with Crippen LogP contribution in [0.5, 0.6) is 0 Å². The summed E-state index contributed by atoms with van der Waals surface area (Å²) >= 11 is 0. The quantitative estimate of drug-likeness (QED) is 0.414. The van der Waals surface area contributed by atoms with Crippen molar-refractivity contribution < 1.29 is 13.0 Å². The van der Waals surface area contributed by atoms with Crippen LogP contribution >= 0.6 is 0 Å². The fraction of sp³-hybridized carbons (Fsp3) is 0.400. The molecular formula is C20H27N3O3S. The molecule has 27 heavy (non-hydrogen) atoms. The van der Waals surface area contributed by atoms with Crippen LogP contribution in [0.15, 0.2) is 63.7 Å². The summed E-state index contributed by atoms with van der Waals surface area (Å²) in [6.07, 6.45) is 4.50. The van der Waals surface area contributed by atoms with Gasteiger partial charge in [-0.2, -0.15) is 13.5 Å². The summed E-state index contributed by atoms with van der Waals surface area (Å²) in [6.45, 7) is 6.32. The summed E-state index contributed by atoms with van der Waals surface area (Å²) in [5, 5.41) is 8.60. The van der Waals surface area contributed by atoms with Crippen molar-refractivity contribution in [2.45, 2.75) is 44.4 Å². The number of hydrogen-bond donors (Lipinski definition) is 1. The highest BCUT2D eigenvalue weighted by atomic mass is 32.2. The molecule has 6 nitrogen and oxygen atoms in total. The highest BCUT2D eigenvalue weighted by Crippen LogP contribution is 2.30. The fourth-order valence-corrected chi connectivity index (χ4v) is 3.14. The van der Waals surface area contributed by atoms with Crippen molar-refractivity contribution >= 4 is 27.2 Å². The fourth-order valence-electron chi connectivity index (χ4n) is 2.66. The molecule has 0 aliphatic carbocycles. The van der Waals surface area contributed by atoms with Gasteiger partial charge in [0.15, 0.2) is 0 Å². The van der Waals surface area contributed by atoms with Crippen molar-refractivity contribution in [3.63, 3.8) is 0 Å². The topological polar surface area (TPSA) is 82.3 Å². The summed E-state index contributed by atoms with van der Waals surface area (Å²) in [5.41, 5.74) is 2.35. The minimum Gasteiger partial charge on any atom is -0.370 e. The molecule has 0 aliphatic heterocycles. The molecule has 0 saturated carbocycles. The molecule has 0 aromatic heterocycles. The largest absolute Gasteiger partial charge is 0.370 e. The normalized spacial score (nSPS) is 11.8. The third-order valence-corrected chi connectivity index (χ3v) is 5.06. The van der Waals surface area contributed by atoms with E-state index < -0.39 is 10.1 Å². The van der Waals surface area contributed by atoms with Crippen LogP contribution in [-0.2, 0) is 10.1 Å². The van der Waals surface area contributed by atoms with Gasteiger partial charge in [-0.3, -0.25) is 4.55 Å². The zero-order valence-electron chi connectivity index (χ0n) is 15.9. The summed E-state index contributed by atoms with van der Waals surface area (Å²) in [5.74, 6) is 0. The smallest absolute Gasteiger partial charge is 0.294 e. The van der Waals surface area contributed by atoms with Gasteiger partial charge < -0.3 is 4.90 Å². The molecule has 2 aromatic carbocycles. The molecule has 0 fully saturated rings. The van der Waals surface area contributed by atoms with E-state index in [4.69, 9.17) is 4.55 Å². The van der Waals surface area contributed by atoms with E-state index in [1.807, 2.05) is 18.2 Å². The first kappa shape index (κ1) is 21.1. The third kappa shape index (κ3) is 6.45. The molecule has 1 N–H and O–H groups in total. The molecule has 0 radical (unpaired) electrons. The minimum absolute atomic E-state index is 0.160. The van der Waals surface area contributed by atoms with Gasteiger partial charge in [0, 0.05) is 13.1 Å². The first-order valence-corrected chi connectivity index (χ1v) is 10.7. The van der Waals surface area contributed by atoms with Gasteiger partial charge in [0.2, 0.25) is 0 Å². The van der Waals surface area contributed by atoms with E-state index in [1.54, 1.807) is 0 Å². The van der Waals surface area contributed by atoms with Crippen molar-refractivity contribution in [1.82, 2.24) is 0 Å². The molecule has 0 heterocycles. The second-order valence-corrected chi connectivity index (χ2v) is 7.77. The Labute approximate surface area is 161 Å². The van der Waals surface area contributed by atoms with Gasteiger partial charge >= 0.3 is 0 Å². The zero-order valence-corrected chi connectivity index (χ0v) is 16.7. The standard InChI is InChI=1S/C20H27N3O3S/c1-3-5-15-23(16-6-4-2)20-10-8-7-9-19(20)22-21-17-11-13-18(14-12-17)27(24,25)26/h7-14H,3-6,15-16H2,1-2H3,(H,24,25,26). The lowest BCUT2D eigenvalue weighted by Crippen LogP contribution is -2.25. The van der Waals surface area contributed by atoms with Crippen molar-refractivity contribution in [2.24, 2.45) is 10.2 Å². The molecule has 0 aliphatic rings. The lowest BCUT2D eigenvalue weighted by Gasteiger charge is -2.25. The van der Waals surface area contributed by atoms with Crippen LogP contribution in [0.4, 0.5) is 17.1 Å². The molecule has 7 heteroatoms. The lowest BCUT2D eigenvalue weighted by atomic mass is 10.2. The van der Waals surface area contributed by atoms with Gasteiger partial charge in [0.1, 0.15) is 5.69 Å². The Kier molecular flexibility index (Phi) is 7.94. The molecule has 2 aromatic rings. The first-order chi connectivity index (χ1) is 13.0. The van der Waals surface area contributed by atoms with Gasteiger partial charge in [-0.05, 0) is 49.2 Å². The summed E-state index contributed by atoms with van der Waals surface area (Å²) in [6, 6.07) is 13.6. The van der Waals surface area contributed by atoms with Crippen LogP contribution in [0.1, 0.15) is 39.5 Å². The number of unbranched alkanes of at least 4 members (excludes halogenated alkanes) is 2. The molecule has 0 saturated heterocycles. The Bertz CT molecular complexity index is 841. The van der Waals surface area contributed by atoms with E-state index in [2.05, 4.69) is 35.0 Å². The van der Waals surface area contributed by atoms with Gasteiger partial charge in [0.05, 0.1) is 16.3 Å². The maximum absolute atomic E-state index is 11.1. The molecular weight excluding hydrogens is 362 g/mol. The second kappa shape index (κ2) is 10.2.